The summed E-state index contributed by atoms with van der Waals surface area (Å²) in [4.78, 5) is 22.2. The van der Waals surface area contributed by atoms with Crippen LogP contribution in [0.15, 0.2) is 18.2 Å². The van der Waals surface area contributed by atoms with Gasteiger partial charge in [-0.1, -0.05) is 6.07 Å². The maximum Gasteiger partial charge on any atom is 0.273 e. The highest BCUT2D eigenvalue weighted by Crippen LogP contribution is 2.20. The molecule has 0 aliphatic carbocycles. The van der Waals surface area contributed by atoms with Crippen LogP contribution >= 0.6 is 0 Å². The number of sulfone groups is 1. The van der Waals surface area contributed by atoms with Gasteiger partial charge in [-0.15, -0.1) is 0 Å². The molecule has 8 heteroatoms. The van der Waals surface area contributed by atoms with Gasteiger partial charge in [0.15, 0.2) is 9.84 Å². The fourth-order valence-corrected chi connectivity index (χ4v) is 3.80. The fraction of sp³-hybridized carbons (Fsp3) is 0.417. The van der Waals surface area contributed by atoms with E-state index in [9.17, 15) is 23.3 Å². The zero-order chi connectivity index (χ0) is 14.9. The molecular weight excluding hydrogens is 284 g/mol. The molecule has 1 aliphatic rings. The van der Waals surface area contributed by atoms with E-state index in [1.807, 2.05) is 0 Å². The molecule has 1 fully saturated rings. The van der Waals surface area contributed by atoms with Gasteiger partial charge in [0.05, 0.1) is 16.4 Å². The number of hydrogen-bond acceptors (Lipinski definition) is 5. The summed E-state index contributed by atoms with van der Waals surface area (Å²) < 4.78 is 22.6. The minimum absolute atomic E-state index is 0.0615. The Labute approximate surface area is 116 Å². The lowest BCUT2D eigenvalue weighted by atomic mass is 10.1. The number of rotatable bonds is 3. The molecule has 0 radical (unpaired) electrons. The van der Waals surface area contributed by atoms with E-state index in [1.165, 1.54) is 18.2 Å². The minimum Gasteiger partial charge on any atom is -0.348 e. The summed E-state index contributed by atoms with van der Waals surface area (Å²) in [5.41, 5.74) is 0.498. The molecule has 1 N–H and O–H groups in total. The molecule has 0 spiro atoms. The first-order valence-corrected chi connectivity index (χ1v) is 7.87. The van der Waals surface area contributed by atoms with Crippen molar-refractivity contribution in [1.29, 1.82) is 0 Å². The first kappa shape index (κ1) is 14.4. The summed E-state index contributed by atoms with van der Waals surface area (Å²) in [5.74, 6) is -0.506. The molecule has 20 heavy (non-hydrogen) atoms. The van der Waals surface area contributed by atoms with Crippen LogP contribution in [0.25, 0.3) is 0 Å². The van der Waals surface area contributed by atoms with E-state index < -0.39 is 26.7 Å². The van der Waals surface area contributed by atoms with Crippen LogP contribution in [-0.4, -0.2) is 36.8 Å². The van der Waals surface area contributed by atoms with E-state index in [1.54, 1.807) is 6.92 Å². The van der Waals surface area contributed by atoms with Gasteiger partial charge < -0.3 is 5.32 Å². The number of carbonyl (C=O) groups is 1. The van der Waals surface area contributed by atoms with Crippen LogP contribution in [0, 0.1) is 17.0 Å². The first-order valence-electron chi connectivity index (χ1n) is 6.05. The lowest BCUT2D eigenvalue weighted by molar-refractivity contribution is -0.385. The molecule has 108 valence electrons. The molecule has 0 saturated carbocycles. The standard InChI is InChI=1S/C12H14N2O5S/c1-8-2-3-9(6-11(8)14(16)17)12(15)13-10-4-5-20(18,19)7-10/h2-3,6,10H,4-5,7H2,1H3,(H,13,15)/t10-/m1/s1. The van der Waals surface area contributed by atoms with Crippen molar-refractivity contribution in [1.82, 2.24) is 5.32 Å². The highest BCUT2D eigenvalue weighted by atomic mass is 32.2. The fourth-order valence-electron chi connectivity index (χ4n) is 2.12. The maximum atomic E-state index is 12.0. The summed E-state index contributed by atoms with van der Waals surface area (Å²) in [6, 6.07) is 3.76. The molecule has 7 nitrogen and oxygen atoms in total. The number of nitro benzene ring substituents is 1. The molecule has 1 aliphatic heterocycles. The molecule has 1 saturated heterocycles. The molecule has 1 aromatic rings. The summed E-state index contributed by atoms with van der Waals surface area (Å²) in [7, 11) is -3.07. The molecule has 1 amide bonds. The largest absolute Gasteiger partial charge is 0.348 e. The Bertz CT molecular complexity index is 668. The van der Waals surface area contributed by atoms with Crippen LogP contribution in [0.5, 0.6) is 0 Å². The third kappa shape index (κ3) is 3.13. The van der Waals surface area contributed by atoms with E-state index in [2.05, 4.69) is 5.32 Å². The maximum absolute atomic E-state index is 12.0. The Morgan fingerprint density at radius 1 is 1.45 bits per heavy atom. The molecule has 0 aromatic heterocycles. The number of nitro groups is 1. The van der Waals surface area contributed by atoms with Crippen LogP contribution in [0.2, 0.25) is 0 Å². The van der Waals surface area contributed by atoms with Gasteiger partial charge in [-0.25, -0.2) is 8.42 Å². The Morgan fingerprint density at radius 3 is 2.70 bits per heavy atom. The second-order valence-electron chi connectivity index (χ2n) is 4.83. The molecule has 0 bridgehead atoms. The second kappa shape index (κ2) is 5.20. The average Bonchev–Trinajstić information content (AvgIpc) is 2.68. The van der Waals surface area contributed by atoms with E-state index in [0.717, 1.165) is 0 Å². The van der Waals surface area contributed by atoms with Crippen molar-refractivity contribution >= 4 is 21.4 Å². The molecule has 0 unspecified atom stereocenters. The summed E-state index contributed by atoms with van der Waals surface area (Å²) >= 11 is 0. The lowest BCUT2D eigenvalue weighted by Gasteiger charge is -2.10. The lowest BCUT2D eigenvalue weighted by Crippen LogP contribution is -2.35. The van der Waals surface area contributed by atoms with Gasteiger partial charge in [0, 0.05) is 23.2 Å². The average molecular weight is 298 g/mol. The second-order valence-corrected chi connectivity index (χ2v) is 7.06. The van der Waals surface area contributed by atoms with Crippen molar-refractivity contribution < 1.29 is 18.1 Å². The monoisotopic (exact) mass is 298 g/mol. The van der Waals surface area contributed by atoms with Gasteiger partial charge in [0.1, 0.15) is 0 Å². The number of aryl methyl sites for hydroxylation is 1. The normalized spacial score (nSPS) is 20.6. The molecule has 1 atom stereocenters. The van der Waals surface area contributed by atoms with E-state index in [4.69, 9.17) is 0 Å². The van der Waals surface area contributed by atoms with Gasteiger partial charge in [-0.2, -0.15) is 0 Å². The number of benzene rings is 1. The Hall–Kier alpha value is -1.96. The van der Waals surface area contributed by atoms with Gasteiger partial charge in [0.25, 0.3) is 11.6 Å². The van der Waals surface area contributed by atoms with Crippen molar-refractivity contribution in [3.63, 3.8) is 0 Å². The van der Waals surface area contributed by atoms with Crippen molar-refractivity contribution in [3.05, 3.63) is 39.4 Å². The Morgan fingerprint density at radius 2 is 2.15 bits per heavy atom. The van der Waals surface area contributed by atoms with Gasteiger partial charge in [-0.3, -0.25) is 14.9 Å². The Kier molecular flexibility index (Phi) is 3.76. The van der Waals surface area contributed by atoms with Crippen molar-refractivity contribution in [2.24, 2.45) is 0 Å². The summed E-state index contributed by atoms with van der Waals surface area (Å²) in [6.07, 6.45) is 0.377. The predicted octanol–water partition coefficient (Wildman–Crippen LogP) is 0.820. The third-order valence-corrected chi connectivity index (χ3v) is 5.00. The van der Waals surface area contributed by atoms with Crippen LogP contribution in [0.4, 0.5) is 5.69 Å². The smallest absolute Gasteiger partial charge is 0.273 e. The molecule has 1 heterocycles. The van der Waals surface area contributed by atoms with Gasteiger partial charge in [0.2, 0.25) is 0 Å². The zero-order valence-electron chi connectivity index (χ0n) is 10.8. The highest BCUT2D eigenvalue weighted by molar-refractivity contribution is 7.91. The molecular formula is C12H14N2O5S. The topological polar surface area (TPSA) is 106 Å². The quantitative estimate of drug-likeness (QED) is 0.656. The van der Waals surface area contributed by atoms with Crippen molar-refractivity contribution in [3.8, 4) is 0 Å². The predicted molar refractivity (Wildman–Crippen MR) is 72.4 cm³/mol. The van der Waals surface area contributed by atoms with Crippen LogP contribution in [0.1, 0.15) is 22.3 Å². The van der Waals surface area contributed by atoms with E-state index in [0.29, 0.717) is 12.0 Å². The molecule has 1 aromatic carbocycles. The summed E-state index contributed by atoms with van der Waals surface area (Å²) in [5, 5.41) is 13.4. The Balaban J connectivity index is 2.14. The first-order chi connectivity index (χ1) is 9.28. The number of hydrogen-bond donors (Lipinski definition) is 1. The summed E-state index contributed by atoms with van der Waals surface area (Å²) in [6.45, 7) is 1.59. The van der Waals surface area contributed by atoms with Gasteiger partial charge >= 0.3 is 0 Å². The zero-order valence-corrected chi connectivity index (χ0v) is 11.6. The molecule has 2 rings (SSSR count). The highest BCUT2D eigenvalue weighted by Gasteiger charge is 2.29. The third-order valence-electron chi connectivity index (χ3n) is 3.24. The van der Waals surface area contributed by atoms with Gasteiger partial charge in [-0.05, 0) is 19.4 Å². The van der Waals surface area contributed by atoms with Crippen molar-refractivity contribution in [2.45, 2.75) is 19.4 Å². The SMILES string of the molecule is Cc1ccc(C(=O)N[C@@H]2CCS(=O)(=O)C2)cc1[N+](=O)[O-]. The number of amides is 1. The number of nitrogens with one attached hydrogen (secondary N) is 1. The number of carbonyl (C=O) groups excluding carboxylic acids is 1. The van der Waals surface area contributed by atoms with Crippen molar-refractivity contribution in [2.75, 3.05) is 11.5 Å². The van der Waals surface area contributed by atoms with E-state index >= 15 is 0 Å². The van der Waals surface area contributed by atoms with E-state index in [-0.39, 0.29) is 22.8 Å². The minimum atomic E-state index is -3.07. The van der Waals surface area contributed by atoms with Crippen LogP contribution in [0.3, 0.4) is 0 Å². The number of nitrogens with zero attached hydrogens (tertiary/aromatic N) is 1. The van der Waals surface area contributed by atoms with Crippen LogP contribution in [-0.2, 0) is 9.84 Å². The van der Waals surface area contributed by atoms with Crippen LogP contribution < -0.4 is 5.32 Å².